The van der Waals surface area contributed by atoms with Crippen molar-refractivity contribution in [1.29, 1.82) is 0 Å². The molecule has 0 radical (unpaired) electrons. The number of piperidine rings is 1. The largest absolute Gasteiger partial charge is 0.346 e. The molecule has 0 N–H and O–H groups in total. The molecule has 0 unspecified atom stereocenters. The number of carbonyl (C=O) groups excluding carboxylic acids is 2. The molecule has 0 aromatic heterocycles. The fraction of sp³-hybridized carbons (Fsp3) is 0.882. The van der Waals surface area contributed by atoms with Crippen molar-refractivity contribution in [3.05, 3.63) is 0 Å². The monoisotopic (exact) mass is 296 g/mol. The molecule has 1 heterocycles. The maximum Gasteiger partial charge on any atom is 0.222 e. The Hall–Kier alpha value is -1.06. The summed E-state index contributed by atoms with van der Waals surface area (Å²) in [5.41, 5.74) is 0. The number of hydrogen-bond donors (Lipinski definition) is 0. The van der Waals surface area contributed by atoms with Crippen LogP contribution in [0.5, 0.6) is 0 Å². The summed E-state index contributed by atoms with van der Waals surface area (Å²) >= 11 is 0. The van der Waals surface area contributed by atoms with E-state index in [0.717, 1.165) is 45.3 Å². The predicted octanol–water partition coefficient (Wildman–Crippen LogP) is 3.21. The van der Waals surface area contributed by atoms with Gasteiger partial charge in [-0.1, -0.05) is 25.7 Å². The van der Waals surface area contributed by atoms with Crippen molar-refractivity contribution in [2.45, 2.75) is 71.1 Å². The number of nitrogens with zero attached hydrogens (tertiary/aromatic N) is 2. The molecular weight excluding hydrogens is 264 g/mol. The van der Waals surface area contributed by atoms with Crippen LogP contribution >= 0.6 is 0 Å². The zero-order valence-electron chi connectivity index (χ0n) is 13.9. The molecule has 1 aliphatic rings. The van der Waals surface area contributed by atoms with E-state index in [9.17, 15) is 9.59 Å². The lowest BCUT2D eigenvalue weighted by atomic mass is 10.1. The summed E-state index contributed by atoms with van der Waals surface area (Å²) in [5.74, 6) is 0.504. The van der Waals surface area contributed by atoms with Crippen molar-refractivity contribution in [2.24, 2.45) is 0 Å². The van der Waals surface area contributed by atoms with Gasteiger partial charge in [0.1, 0.15) is 0 Å². The molecule has 21 heavy (non-hydrogen) atoms. The SMILES string of the molecule is CC(=O)N(C)CCCCCCCCC(=O)N1CCCCC1. The topological polar surface area (TPSA) is 40.6 Å². The molecule has 0 aromatic carbocycles. The average molecular weight is 296 g/mol. The van der Waals surface area contributed by atoms with Gasteiger partial charge in [0.2, 0.25) is 11.8 Å². The van der Waals surface area contributed by atoms with Gasteiger partial charge in [-0.05, 0) is 32.1 Å². The summed E-state index contributed by atoms with van der Waals surface area (Å²) in [6.45, 7) is 4.42. The van der Waals surface area contributed by atoms with Crippen LogP contribution in [0.25, 0.3) is 0 Å². The molecule has 0 saturated carbocycles. The molecular formula is C17H32N2O2. The average Bonchev–Trinajstić information content (AvgIpc) is 2.50. The van der Waals surface area contributed by atoms with Crippen LogP contribution in [0, 0.1) is 0 Å². The van der Waals surface area contributed by atoms with Crippen molar-refractivity contribution in [3.63, 3.8) is 0 Å². The van der Waals surface area contributed by atoms with Gasteiger partial charge < -0.3 is 9.80 Å². The smallest absolute Gasteiger partial charge is 0.222 e. The highest BCUT2D eigenvalue weighted by atomic mass is 16.2. The van der Waals surface area contributed by atoms with Gasteiger partial charge in [-0.15, -0.1) is 0 Å². The van der Waals surface area contributed by atoms with Gasteiger partial charge in [0, 0.05) is 40.0 Å². The second-order valence-corrected chi connectivity index (χ2v) is 6.25. The zero-order valence-corrected chi connectivity index (χ0v) is 13.9. The minimum atomic E-state index is 0.145. The molecule has 1 aliphatic heterocycles. The van der Waals surface area contributed by atoms with Crippen molar-refractivity contribution in [1.82, 2.24) is 9.80 Å². The summed E-state index contributed by atoms with van der Waals surface area (Å²) in [4.78, 5) is 26.8. The van der Waals surface area contributed by atoms with E-state index in [1.807, 2.05) is 11.9 Å². The van der Waals surface area contributed by atoms with Gasteiger partial charge in [-0.2, -0.15) is 0 Å². The molecule has 0 atom stereocenters. The number of carbonyl (C=O) groups is 2. The lowest BCUT2D eigenvalue weighted by Crippen LogP contribution is -2.35. The van der Waals surface area contributed by atoms with Crippen molar-refractivity contribution < 1.29 is 9.59 Å². The molecule has 1 saturated heterocycles. The van der Waals surface area contributed by atoms with E-state index >= 15 is 0 Å². The summed E-state index contributed by atoms with van der Waals surface area (Å²) in [5, 5.41) is 0. The van der Waals surface area contributed by atoms with Crippen LogP contribution in [-0.4, -0.2) is 48.3 Å². The first-order valence-corrected chi connectivity index (χ1v) is 8.60. The van der Waals surface area contributed by atoms with Crippen LogP contribution in [0.15, 0.2) is 0 Å². The molecule has 0 bridgehead atoms. The normalized spacial score (nSPS) is 15.0. The first-order valence-electron chi connectivity index (χ1n) is 8.60. The maximum absolute atomic E-state index is 12.0. The molecule has 4 nitrogen and oxygen atoms in total. The Bertz CT molecular complexity index is 312. The van der Waals surface area contributed by atoms with E-state index in [1.165, 1.54) is 38.5 Å². The fourth-order valence-electron chi connectivity index (χ4n) is 2.79. The van der Waals surface area contributed by atoms with E-state index in [0.29, 0.717) is 5.91 Å². The summed E-state index contributed by atoms with van der Waals surface area (Å²) in [7, 11) is 1.86. The van der Waals surface area contributed by atoms with E-state index in [1.54, 1.807) is 11.8 Å². The number of amides is 2. The zero-order chi connectivity index (χ0) is 15.5. The standard InChI is InChI=1S/C17H32N2O2/c1-16(20)18(2)13-9-6-4-3-5-8-12-17(21)19-14-10-7-11-15-19/h3-15H2,1-2H3. The Labute approximate surface area is 129 Å². The molecule has 0 aliphatic carbocycles. The highest BCUT2D eigenvalue weighted by Crippen LogP contribution is 2.13. The van der Waals surface area contributed by atoms with Crippen LogP contribution < -0.4 is 0 Å². The summed E-state index contributed by atoms with van der Waals surface area (Å²) in [6, 6.07) is 0. The second-order valence-electron chi connectivity index (χ2n) is 6.25. The van der Waals surface area contributed by atoms with E-state index in [2.05, 4.69) is 0 Å². The molecule has 1 rings (SSSR count). The molecule has 1 fully saturated rings. The molecule has 0 aromatic rings. The van der Waals surface area contributed by atoms with E-state index < -0.39 is 0 Å². The number of rotatable bonds is 9. The van der Waals surface area contributed by atoms with Gasteiger partial charge in [0.15, 0.2) is 0 Å². The highest BCUT2D eigenvalue weighted by molar-refractivity contribution is 5.76. The van der Waals surface area contributed by atoms with Gasteiger partial charge in [0.05, 0.1) is 0 Å². The van der Waals surface area contributed by atoms with E-state index in [-0.39, 0.29) is 5.91 Å². The van der Waals surface area contributed by atoms with Crippen LogP contribution in [-0.2, 0) is 9.59 Å². The van der Waals surface area contributed by atoms with E-state index in [4.69, 9.17) is 0 Å². The Morgan fingerprint density at radius 2 is 1.48 bits per heavy atom. The first kappa shape index (κ1) is 18.0. The van der Waals surface area contributed by atoms with Gasteiger partial charge in [0.25, 0.3) is 0 Å². The molecule has 0 spiro atoms. The second kappa shape index (κ2) is 10.6. The minimum absolute atomic E-state index is 0.145. The Morgan fingerprint density at radius 1 is 0.905 bits per heavy atom. The fourth-order valence-corrected chi connectivity index (χ4v) is 2.79. The van der Waals surface area contributed by atoms with Crippen molar-refractivity contribution in [3.8, 4) is 0 Å². The summed E-state index contributed by atoms with van der Waals surface area (Å²) < 4.78 is 0. The lowest BCUT2D eigenvalue weighted by molar-refractivity contribution is -0.132. The predicted molar refractivity (Wildman–Crippen MR) is 86.1 cm³/mol. The maximum atomic E-state index is 12.0. The Morgan fingerprint density at radius 3 is 2.10 bits per heavy atom. The quantitative estimate of drug-likeness (QED) is 0.613. The highest BCUT2D eigenvalue weighted by Gasteiger charge is 2.15. The van der Waals surface area contributed by atoms with Crippen LogP contribution in [0.3, 0.4) is 0 Å². The van der Waals surface area contributed by atoms with Crippen LogP contribution in [0.4, 0.5) is 0 Å². The van der Waals surface area contributed by atoms with Gasteiger partial charge in [-0.25, -0.2) is 0 Å². The summed E-state index contributed by atoms with van der Waals surface area (Å²) in [6.07, 6.45) is 11.2. The van der Waals surface area contributed by atoms with Crippen molar-refractivity contribution >= 4 is 11.8 Å². The molecule has 2 amide bonds. The Balaban J connectivity index is 1.90. The number of hydrogen-bond acceptors (Lipinski definition) is 2. The van der Waals surface area contributed by atoms with Crippen LogP contribution in [0.2, 0.25) is 0 Å². The minimum Gasteiger partial charge on any atom is -0.346 e. The molecule has 4 heteroatoms. The molecule has 122 valence electrons. The van der Waals surface area contributed by atoms with Crippen LogP contribution in [0.1, 0.15) is 71.1 Å². The third kappa shape index (κ3) is 8.08. The van der Waals surface area contributed by atoms with Crippen molar-refractivity contribution in [2.75, 3.05) is 26.7 Å². The van der Waals surface area contributed by atoms with Gasteiger partial charge >= 0.3 is 0 Å². The number of unbranched alkanes of at least 4 members (excludes halogenated alkanes) is 5. The first-order chi connectivity index (χ1) is 10.1. The third-order valence-corrected chi connectivity index (χ3v) is 4.38. The lowest BCUT2D eigenvalue weighted by Gasteiger charge is -2.26. The number of likely N-dealkylation sites (tertiary alicyclic amines) is 1. The van der Waals surface area contributed by atoms with Gasteiger partial charge in [-0.3, -0.25) is 9.59 Å². The third-order valence-electron chi connectivity index (χ3n) is 4.38. The Kier molecular flexibility index (Phi) is 9.11.